The minimum atomic E-state index is -3.32. The zero-order chi connectivity index (χ0) is 24.3. The third-order valence-corrected chi connectivity index (χ3v) is 9.35. The molecule has 34 heavy (non-hydrogen) atoms. The Bertz CT molecular complexity index is 1410. The Hall–Kier alpha value is -2.39. The molecule has 0 fully saturated rings. The second-order valence-electron chi connectivity index (χ2n) is 8.25. The van der Waals surface area contributed by atoms with E-state index in [9.17, 15) is 12.6 Å². The Labute approximate surface area is 207 Å². The molecule has 1 atom stereocenters. The van der Waals surface area contributed by atoms with Crippen LogP contribution < -0.4 is 9.62 Å². The second kappa shape index (κ2) is 10.1. The van der Waals surface area contributed by atoms with Gasteiger partial charge in [-0.1, -0.05) is 35.9 Å². The number of fused-ring (bicyclic) bond motifs is 2. The van der Waals surface area contributed by atoms with Crippen LogP contribution in [0.4, 0.5) is 11.4 Å². The van der Waals surface area contributed by atoms with Crippen molar-refractivity contribution in [1.29, 1.82) is 0 Å². The van der Waals surface area contributed by atoms with Gasteiger partial charge in [0.05, 0.1) is 9.79 Å². The molecule has 3 aromatic carbocycles. The molecule has 6 nitrogen and oxygen atoms in total. The van der Waals surface area contributed by atoms with E-state index in [0.717, 1.165) is 24.8 Å². The molecule has 1 N–H and O–H groups in total. The maximum absolute atomic E-state index is 13.4. The first-order valence-corrected chi connectivity index (χ1v) is 14.8. The standard InChI is InChI=1S/C25H28ClN3O3S2/c1-27-34(32,23-14-12-22(13-15-23)33(2,30)31)28-16-5-17-29-24-7-4-3-6-19(24)8-9-20-10-11-21(26)18-25(20)29/h3-4,6-7,10-15,18H,5,8-9,16-17H2,1-2H3,(H,27,28,32). The zero-order valence-electron chi connectivity index (χ0n) is 19.2. The van der Waals surface area contributed by atoms with Gasteiger partial charge in [0.1, 0.15) is 9.92 Å². The molecule has 3 aromatic rings. The van der Waals surface area contributed by atoms with Gasteiger partial charge in [-0.05, 0) is 72.9 Å². The monoisotopic (exact) mass is 517 g/mol. The second-order valence-corrected chi connectivity index (χ2v) is 12.9. The molecule has 0 saturated heterocycles. The van der Waals surface area contributed by atoms with Crippen LogP contribution in [-0.2, 0) is 32.6 Å². The summed E-state index contributed by atoms with van der Waals surface area (Å²) < 4.78 is 44.0. The van der Waals surface area contributed by atoms with Crippen molar-refractivity contribution < 1.29 is 12.6 Å². The smallest absolute Gasteiger partial charge is 0.175 e. The Kier molecular flexibility index (Phi) is 7.33. The number of para-hydroxylation sites is 1. The summed E-state index contributed by atoms with van der Waals surface area (Å²) in [6.45, 7) is 1.18. The summed E-state index contributed by atoms with van der Waals surface area (Å²) in [4.78, 5) is 2.93. The molecule has 0 amide bonds. The number of hydrogen-bond acceptors (Lipinski definition) is 5. The van der Waals surface area contributed by atoms with E-state index in [1.54, 1.807) is 12.1 Å². The molecule has 1 unspecified atom stereocenters. The summed E-state index contributed by atoms with van der Waals surface area (Å²) in [6, 6.07) is 20.5. The molecule has 4 rings (SSSR count). The molecular weight excluding hydrogens is 490 g/mol. The van der Waals surface area contributed by atoms with Gasteiger partial charge in [-0.25, -0.2) is 21.7 Å². The molecule has 1 aliphatic heterocycles. The Balaban J connectivity index is 1.51. The first-order valence-electron chi connectivity index (χ1n) is 11.1. The largest absolute Gasteiger partial charge is 0.341 e. The fourth-order valence-corrected chi connectivity index (χ4v) is 6.43. The zero-order valence-corrected chi connectivity index (χ0v) is 21.6. The van der Waals surface area contributed by atoms with Crippen molar-refractivity contribution in [2.45, 2.75) is 29.1 Å². The molecule has 0 radical (unpaired) electrons. The van der Waals surface area contributed by atoms with Crippen LogP contribution in [0.2, 0.25) is 5.02 Å². The summed E-state index contributed by atoms with van der Waals surface area (Å²) in [7, 11) is -4.68. The molecule has 0 aliphatic carbocycles. The summed E-state index contributed by atoms with van der Waals surface area (Å²) >= 11 is 6.34. The van der Waals surface area contributed by atoms with Crippen LogP contribution in [0.25, 0.3) is 0 Å². The van der Waals surface area contributed by atoms with Gasteiger partial charge in [-0.3, -0.25) is 0 Å². The predicted molar refractivity (Wildman–Crippen MR) is 139 cm³/mol. The number of nitrogens with one attached hydrogen (secondary N) is 1. The van der Waals surface area contributed by atoms with E-state index in [-0.39, 0.29) is 4.90 Å². The molecule has 9 heteroatoms. The normalized spacial score (nSPS) is 15.1. The van der Waals surface area contributed by atoms with Gasteiger partial charge in [0.25, 0.3) is 0 Å². The Morgan fingerprint density at radius 1 is 0.912 bits per heavy atom. The number of hydrogen-bond donors (Lipinski definition) is 1. The SMILES string of the molecule is CN=S(=O)(NCCCN1c2ccccc2CCc2ccc(Cl)cc21)c1ccc(S(C)(=O)=O)cc1. The maximum atomic E-state index is 13.4. The van der Waals surface area contributed by atoms with Crippen LogP contribution in [0, 0.1) is 0 Å². The maximum Gasteiger partial charge on any atom is 0.175 e. The van der Waals surface area contributed by atoms with Crippen LogP contribution in [0.15, 0.2) is 80.9 Å². The highest BCUT2D eigenvalue weighted by Crippen LogP contribution is 2.37. The minimum Gasteiger partial charge on any atom is -0.341 e. The van der Waals surface area contributed by atoms with Crippen LogP contribution in [0.3, 0.4) is 0 Å². The average Bonchev–Trinajstić information content (AvgIpc) is 2.98. The van der Waals surface area contributed by atoms with E-state index in [1.807, 2.05) is 18.2 Å². The predicted octanol–water partition coefficient (Wildman–Crippen LogP) is 5.03. The van der Waals surface area contributed by atoms with E-state index >= 15 is 0 Å². The van der Waals surface area contributed by atoms with E-state index in [4.69, 9.17) is 11.6 Å². The lowest BCUT2D eigenvalue weighted by Crippen LogP contribution is -2.28. The average molecular weight is 518 g/mol. The lowest BCUT2D eigenvalue weighted by Gasteiger charge is -2.27. The van der Waals surface area contributed by atoms with E-state index in [1.165, 1.54) is 36.0 Å². The van der Waals surface area contributed by atoms with Gasteiger partial charge in [0.15, 0.2) is 9.84 Å². The van der Waals surface area contributed by atoms with Crippen molar-refractivity contribution >= 4 is 42.7 Å². The van der Waals surface area contributed by atoms with Gasteiger partial charge in [0.2, 0.25) is 0 Å². The molecule has 0 bridgehead atoms. The van der Waals surface area contributed by atoms with Crippen molar-refractivity contribution in [3.63, 3.8) is 0 Å². The quantitative estimate of drug-likeness (QED) is 0.446. The van der Waals surface area contributed by atoms with E-state index in [0.29, 0.717) is 29.4 Å². The topological polar surface area (TPSA) is 78.8 Å². The van der Waals surface area contributed by atoms with Crippen molar-refractivity contribution in [2.75, 3.05) is 31.3 Å². The Morgan fingerprint density at radius 3 is 2.24 bits per heavy atom. The fourth-order valence-electron chi connectivity index (χ4n) is 4.20. The summed E-state index contributed by atoms with van der Waals surface area (Å²) in [6.07, 6.45) is 3.78. The van der Waals surface area contributed by atoms with Crippen LogP contribution in [-0.4, -0.2) is 39.0 Å². The van der Waals surface area contributed by atoms with Gasteiger partial charge in [-0.2, -0.15) is 0 Å². The van der Waals surface area contributed by atoms with Gasteiger partial charge in [0, 0.05) is 42.8 Å². The molecule has 0 saturated carbocycles. The number of aryl methyl sites for hydroxylation is 2. The van der Waals surface area contributed by atoms with E-state index < -0.39 is 19.8 Å². The summed E-state index contributed by atoms with van der Waals surface area (Å²) in [5.74, 6) is 0. The van der Waals surface area contributed by atoms with Crippen molar-refractivity contribution in [3.8, 4) is 0 Å². The molecule has 1 aliphatic rings. The van der Waals surface area contributed by atoms with Gasteiger partial charge in [-0.15, -0.1) is 0 Å². The third-order valence-electron chi connectivity index (χ3n) is 5.97. The number of anilines is 2. The number of benzene rings is 3. The highest BCUT2D eigenvalue weighted by molar-refractivity contribution is 7.92. The summed E-state index contributed by atoms with van der Waals surface area (Å²) in [5.41, 5.74) is 4.82. The highest BCUT2D eigenvalue weighted by atomic mass is 35.5. The molecule has 0 spiro atoms. The van der Waals surface area contributed by atoms with Crippen molar-refractivity contribution in [3.05, 3.63) is 82.9 Å². The van der Waals surface area contributed by atoms with Crippen LogP contribution in [0.1, 0.15) is 17.5 Å². The van der Waals surface area contributed by atoms with Gasteiger partial charge < -0.3 is 4.90 Å². The first kappa shape index (κ1) is 24.7. The third kappa shape index (κ3) is 5.30. The van der Waals surface area contributed by atoms with Crippen LogP contribution in [0.5, 0.6) is 0 Å². The number of rotatable bonds is 7. The molecular formula is C25H28ClN3O3S2. The minimum absolute atomic E-state index is 0.186. The van der Waals surface area contributed by atoms with E-state index in [2.05, 4.69) is 38.3 Å². The lowest BCUT2D eigenvalue weighted by atomic mass is 10.0. The molecule has 180 valence electrons. The van der Waals surface area contributed by atoms with Gasteiger partial charge >= 0.3 is 0 Å². The number of sulfone groups is 1. The summed E-state index contributed by atoms with van der Waals surface area (Å²) in [5, 5.41) is 0.701. The van der Waals surface area contributed by atoms with Crippen molar-refractivity contribution in [1.82, 2.24) is 4.72 Å². The van der Waals surface area contributed by atoms with Crippen LogP contribution >= 0.6 is 11.6 Å². The highest BCUT2D eigenvalue weighted by Gasteiger charge is 2.21. The van der Waals surface area contributed by atoms with Crippen molar-refractivity contribution in [2.24, 2.45) is 4.36 Å². The first-order chi connectivity index (χ1) is 16.2. The molecule has 0 aromatic heterocycles. The number of nitrogens with zero attached hydrogens (tertiary/aromatic N) is 2. The molecule has 1 heterocycles. The Morgan fingerprint density at radius 2 is 1.56 bits per heavy atom. The fraction of sp³-hybridized carbons (Fsp3) is 0.280. The lowest BCUT2D eigenvalue weighted by molar-refractivity contribution is 0.601. The number of halogens is 1.